The second-order valence-corrected chi connectivity index (χ2v) is 12.0. The van der Waals surface area contributed by atoms with Gasteiger partial charge in [-0.15, -0.1) is 0 Å². The topological polar surface area (TPSA) is 6.48 Å². The van der Waals surface area contributed by atoms with Crippen LogP contribution in [0.2, 0.25) is 0 Å². The first kappa shape index (κ1) is 31.9. The molecule has 0 aliphatic heterocycles. The second-order valence-electron chi connectivity index (χ2n) is 12.0. The van der Waals surface area contributed by atoms with Crippen molar-refractivity contribution in [2.45, 2.75) is 0 Å². The Morgan fingerprint density at radius 1 is 0.340 bits per heavy atom. The lowest BCUT2D eigenvalue weighted by molar-refractivity contribution is 1.21. The van der Waals surface area contributed by atoms with E-state index in [0.29, 0.717) is 0 Å². The van der Waals surface area contributed by atoms with Crippen LogP contribution in [0.5, 0.6) is 0 Å². The Labute approximate surface area is 295 Å². The quantitative estimate of drug-likeness (QED) is 0.130. The molecule has 240 valence electrons. The van der Waals surface area contributed by atoms with E-state index in [9.17, 15) is 0 Å². The third kappa shape index (κ3) is 6.96. The molecule has 0 unspecified atom stereocenters. The lowest BCUT2D eigenvalue weighted by Crippen LogP contribution is -2.14. The molecule has 7 rings (SSSR count). The van der Waals surface area contributed by atoms with Gasteiger partial charge in [0.25, 0.3) is 0 Å². The van der Waals surface area contributed by atoms with E-state index in [1.54, 1.807) is 6.08 Å². The largest absolute Gasteiger partial charge is 0.311 e. The summed E-state index contributed by atoms with van der Waals surface area (Å²) in [6.07, 6.45) is 5.62. The molecule has 0 fully saturated rings. The van der Waals surface area contributed by atoms with Crippen molar-refractivity contribution in [1.29, 1.82) is 0 Å². The van der Waals surface area contributed by atoms with Crippen molar-refractivity contribution in [2.24, 2.45) is 0 Å². The summed E-state index contributed by atoms with van der Waals surface area (Å²) >= 11 is 0. The molecule has 2 heteroatoms. The smallest absolute Gasteiger partial charge is 0.0462 e. The molecule has 7 aromatic carbocycles. The van der Waals surface area contributed by atoms with E-state index in [4.69, 9.17) is 0 Å². The first-order chi connectivity index (χ1) is 24.7. The lowest BCUT2D eigenvalue weighted by atomic mass is 9.98. The summed E-state index contributed by atoms with van der Waals surface area (Å²) in [4.78, 5) is 4.47. The first-order valence-electron chi connectivity index (χ1n) is 16.8. The zero-order chi connectivity index (χ0) is 34.1. The highest BCUT2D eigenvalue weighted by molar-refractivity contribution is 5.79. The van der Waals surface area contributed by atoms with Crippen molar-refractivity contribution in [1.82, 2.24) is 0 Å². The van der Waals surface area contributed by atoms with Crippen LogP contribution < -0.4 is 9.80 Å². The van der Waals surface area contributed by atoms with Crippen LogP contribution in [0.3, 0.4) is 0 Å². The van der Waals surface area contributed by atoms with E-state index in [-0.39, 0.29) is 0 Å². The lowest BCUT2D eigenvalue weighted by Gasteiger charge is -2.26. The Morgan fingerprint density at radius 2 is 0.620 bits per heavy atom. The number of benzene rings is 7. The average Bonchev–Trinajstić information content (AvgIpc) is 3.20. The maximum absolute atomic E-state index is 4.04. The van der Waals surface area contributed by atoms with Gasteiger partial charge in [0.05, 0.1) is 0 Å². The molecule has 7 aromatic rings. The fourth-order valence-corrected chi connectivity index (χ4v) is 6.30. The molecule has 0 saturated carbocycles. The van der Waals surface area contributed by atoms with Crippen molar-refractivity contribution < 1.29 is 0 Å². The molecule has 0 bridgehead atoms. The third-order valence-corrected chi connectivity index (χ3v) is 8.82. The SMILES string of the molecule is C=C/C=C(\C=C)N(c1ccccc1)c1ccc(-c2ccc(-c3ccc(-c4ccc(N(c5ccccc5)c5ccccc5)cc4)cc3)cc2)cc1. The molecule has 0 aromatic heterocycles. The van der Waals surface area contributed by atoms with Crippen LogP contribution >= 0.6 is 0 Å². The number of hydrogen-bond acceptors (Lipinski definition) is 2. The summed E-state index contributed by atoms with van der Waals surface area (Å²) in [5.74, 6) is 0. The Hall–Kier alpha value is -6.64. The van der Waals surface area contributed by atoms with E-state index in [1.807, 2.05) is 30.4 Å². The van der Waals surface area contributed by atoms with Crippen LogP contribution in [0.1, 0.15) is 0 Å². The van der Waals surface area contributed by atoms with Crippen LogP contribution in [-0.2, 0) is 0 Å². The van der Waals surface area contributed by atoms with Crippen molar-refractivity contribution in [3.05, 3.63) is 225 Å². The maximum atomic E-state index is 4.04. The summed E-state index contributed by atoms with van der Waals surface area (Å²) in [5, 5.41) is 0. The van der Waals surface area contributed by atoms with E-state index in [0.717, 1.165) is 39.7 Å². The zero-order valence-electron chi connectivity index (χ0n) is 27.9. The van der Waals surface area contributed by atoms with Gasteiger partial charge in [-0.05, 0) is 106 Å². The normalized spacial score (nSPS) is 11.1. The van der Waals surface area contributed by atoms with E-state index in [2.05, 4.69) is 193 Å². The molecular weight excluding hydrogens is 605 g/mol. The third-order valence-electron chi connectivity index (χ3n) is 8.82. The van der Waals surface area contributed by atoms with Crippen molar-refractivity contribution in [3.8, 4) is 33.4 Å². The predicted octanol–water partition coefficient (Wildman–Crippen LogP) is 13.6. The van der Waals surface area contributed by atoms with E-state index >= 15 is 0 Å². The highest BCUT2D eigenvalue weighted by atomic mass is 15.1. The molecule has 50 heavy (non-hydrogen) atoms. The molecule has 0 amide bonds. The molecular formula is C48H38N2. The molecule has 0 atom stereocenters. The van der Waals surface area contributed by atoms with Gasteiger partial charge in [0.2, 0.25) is 0 Å². The van der Waals surface area contributed by atoms with Gasteiger partial charge in [-0.2, -0.15) is 0 Å². The fourth-order valence-electron chi connectivity index (χ4n) is 6.30. The van der Waals surface area contributed by atoms with Crippen LogP contribution in [-0.4, -0.2) is 0 Å². The van der Waals surface area contributed by atoms with Gasteiger partial charge < -0.3 is 9.80 Å². The Morgan fingerprint density at radius 3 is 0.960 bits per heavy atom. The molecule has 0 spiro atoms. The van der Waals surface area contributed by atoms with Gasteiger partial charge in [-0.1, -0.05) is 147 Å². The Kier molecular flexibility index (Phi) is 9.62. The maximum Gasteiger partial charge on any atom is 0.0462 e. The van der Waals surface area contributed by atoms with Crippen molar-refractivity contribution >= 4 is 28.4 Å². The molecule has 0 heterocycles. The number of allylic oxidation sites excluding steroid dienone is 3. The molecule has 2 nitrogen and oxygen atoms in total. The van der Waals surface area contributed by atoms with Crippen molar-refractivity contribution in [2.75, 3.05) is 9.80 Å². The minimum Gasteiger partial charge on any atom is -0.311 e. The highest BCUT2D eigenvalue weighted by Gasteiger charge is 2.14. The second kappa shape index (κ2) is 15.1. The molecule has 0 N–H and O–H groups in total. The number of para-hydroxylation sites is 3. The first-order valence-corrected chi connectivity index (χ1v) is 16.8. The Bertz CT molecular complexity index is 2140. The summed E-state index contributed by atoms with van der Waals surface area (Å²) in [5.41, 5.74) is 13.6. The van der Waals surface area contributed by atoms with Gasteiger partial charge in [-0.3, -0.25) is 0 Å². The minimum absolute atomic E-state index is 0.962. The van der Waals surface area contributed by atoms with Crippen LogP contribution in [0.4, 0.5) is 28.4 Å². The summed E-state index contributed by atoms with van der Waals surface area (Å²) < 4.78 is 0. The fraction of sp³-hybridized carbons (Fsp3) is 0. The van der Waals surface area contributed by atoms with Crippen LogP contribution in [0.15, 0.2) is 225 Å². The monoisotopic (exact) mass is 642 g/mol. The highest BCUT2D eigenvalue weighted by Crippen LogP contribution is 2.36. The van der Waals surface area contributed by atoms with E-state index in [1.165, 1.54) is 27.8 Å². The number of nitrogens with zero attached hydrogens (tertiary/aromatic N) is 2. The van der Waals surface area contributed by atoms with Gasteiger partial charge in [0.15, 0.2) is 0 Å². The average molecular weight is 643 g/mol. The summed E-state index contributed by atoms with van der Waals surface area (Å²) in [7, 11) is 0. The Balaban J connectivity index is 1.07. The predicted molar refractivity (Wildman–Crippen MR) is 214 cm³/mol. The van der Waals surface area contributed by atoms with Gasteiger partial charge in [0, 0.05) is 34.1 Å². The standard InChI is InChI=1S/C48H38N2/c1-3-14-43(4-2)49(44-15-8-5-9-16-44)47-33-29-41(30-34-47)39-25-21-37(22-26-39)38-23-27-40(28-24-38)42-31-35-48(36-32-42)50(45-17-10-6-11-18-45)46-19-12-7-13-20-46/h3-36H,1-2H2/b43-14+. The zero-order valence-corrected chi connectivity index (χ0v) is 27.9. The van der Waals surface area contributed by atoms with Crippen LogP contribution in [0, 0.1) is 0 Å². The van der Waals surface area contributed by atoms with E-state index < -0.39 is 0 Å². The van der Waals surface area contributed by atoms with Crippen molar-refractivity contribution in [3.63, 3.8) is 0 Å². The molecule has 0 aliphatic carbocycles. The number of anilines is 5. The van der Waals surface area contributed by atoms with Gasteiger partial charge >= 0.3 is 0 Å². The van der Waals surface area contributed by atoms with Gasteiger partial charge in [-0.25, -0.2) is 0 Å². The minimum atomic E-state index is 0.962. The molecule has 0 saturated heterocycles. The molecule has 0 aliphatic rings. The summed E-state index contributed by atoms with van der Waals surface area (Å²) in [6.45, 7) is 7.93. The van der Waals surface area contributed by atoms with Gasteiger partial charge in [0.1, 0.15) is 0 Å². The number of rotatable bonds is 11. The molecule has 0 radical (unpaired) electrons. The van der Waals surface area contributed by atoms with Crippen LogP contribution in [0.25, 0.3) is 33.4 Å². The number of hydrogen-bond donors (Lipinski definition) is 0. The summed E-state index contributed by atoms with van der Waals surface area (Å²) in [6, 6.07) is 66.4.